The Kier molecular flexibility index (Phi) is 2.24. The molecule has 0 spiro atoms. The average Bonchev–Trinajstić information content (AvgIpc) is 1.84. The second kappa shape index (κ2) is 2.82. The van der Waals surface area contributed by atoms with Crippen LogP contribution in [0.15, 0.2) is 0 Å². The Hall–Kier alpha value is -0.180. The number of hydrogen-bond donors (Lipinski definition) is 1. The van der Waals surface area contributed by atoms with Gasteiger partial charge in [-0.05, 0) is 12.3 Å². The van der Waals surface area contributed by atoms with Gasteiger partial charge in [-0.2, -0.15) is 0 Å². The second-order valence-electron chi connectivity index (χ2n) is 3.05. The second-order valence-corrected chi connectivity index (χ2v) is 3.05. The molecule has 1 nitrogen and oxygen atoms in total. The maximum absolute atomic E-state index is 12.5. The summed E-state index contributed by atoms with van der Waals surface area (Å²) in [5, 5.41) is 9.06. The zero-order valence-corrected chi connectivity index (χ0v) is 5.93. The summed E-state index contributed by atoms with van der Waals surface area (Å²) < 4.78 is 25.0. The minimum atomic E-state index is -1.45. The highest BCUT2D eigenvalue weighted by atomic mass is 19.2. The van der Waals surface area contributed by atoms with Gasteiger partial charge in [0, 0.05) is 6.42 Å². The summed E-state index contributed by atoms with van der Waals surface area (Å²) in [6.45, 7) is 1.74. The van der Waals surface area contributed by atoms with Gasteiger partial charge < -0.3 is 5.11 Å². The van der Waals surface area contributed by atoms with E-state index in [4.69, 9.17) is 5.11 Å². The van der Waals surface area contributed by atoms with Gasteiger partial charge in [0.15, 0.2) is 0 Å². The minimum absolute atomic E-state index is 0.0394. The third-order valence-electron chi connectivity index (χ3n) is 2.11. The average molecular weight is 150 g/mol. The number of aliphatic hydroxyl groups excluding tert-OH is 1. The Balaban J connectivity index is 2.46. The standard InChI is InChI=1S/C7H12F2O/c1-4-2-5(8)6(9)3-7(4)10/h4-7,10H,2-3H2,1H3. The molecule has 1 fully saturated rings. The number of aliphatic hydroxyl groups is 1. The molecular weight excluding hydrogens is 138 g/mol. The molecular formula is C7H12F2O. The summed E-state index contributed by atoms with van der Waals surface area (Å²) >= 11 is 0. The molecule has 0 aromatic rings. The summed E-state index contributed by atoms with van der Waals surface area (Å²) in [5.74, 6) is -0.0954. The largest absolute Gasteiger partial charge is 0.393 e. The lowest BCUT2D eigenvalue weighted by molar-refractivity contribution is -0.00509. The molecule has 1 rings (SSSR count). The highest BCUT2D eigenvalue weighted by Crippen LogP contribution is 2.28. The van der Waals surface area contributed by atoms with E-state index < -0.39 is 18.4 Å². The van der Waals surface area contributed by atoms with Crippen LogP contribution < -0.4 is 0 Å². The maximum Gasteiger partial charge on any atom is 0.134 e. The zero-order valence-electron chi connectivity index (χ0n) is 5.93. The Labute approximate surface area is 59.0 Å². The van der Waals surface area contributed by atoms with E-state index in [1.165, 1.54) is 0 Å². The van der Waals surface area contributed by atoms with Crippen molar-refractivity contribution >= 4 is 0 Å². The van der Waals surface area contributed by atoms with Crippen LogP contribution in [-0.2, 0) is 0 Å². The quantitative estimate of drug-likeness (QED) is 0.554. The van der Waals surface area contributed by atoms with Crippen molar-refractivity contribution in [2.24, 2.45) is 5.92 Å². The van der Waals surface area contributed by atoms with Crippen LogP contribution in [0, 0.1) is 5.92 Å². The number of hydrogen-bond acceptors (Lipinski definition) is 1. The summed E-state index contributed by atoms with van der Waals surface area (Å²) in [6, 6.07) is 0. The molecule has 0 amide bonds. The van der Waals surface area contributed by atoms with Gasteiger partial charge in [0.25, 0.3) is 0 Å². The Morgan fingerprint density at radius 2 is 1.70 bits per heavy atom. The monoisotopic (exact) mass is 150 g/mol. The maximum atomic E-state index is 12.5. The first-order chi connectivity index (χ1) is 4.61. The first-order valence-electron chi connectivity index (χ1n) is 3.57. The minimum Gasteiger partial charge on any atom is -0.393 e. The van der Waals surface area contributed by atoms with E-state index in [1.54, 1.807) is 6.92 Å². The zero-order chi connectivity index (χ0) is 7.72. The van der Waals surface area contributed by atoms with Gasteiger partial charge in [-0.15, -0.1) is 0 Å². The molecule has 1 N–H and O–H groups in total. The topological polar surface area (TPSA) is 20.2 Å². The van der Waals surface area contributed by atoms with Crippen molar-refractivity contribution in [3.63, 3.8) is 0 Å². The molecule has 0 radical (unpaired) electrons. The number of rotatable bonds is 0. The van der Waals surface area contributed by atoms with Crippen molar-refractivity contribution in [1.82, 2.24) is 0 Å². The van der Waals surface area contributed by atoms with Crippen LogP contribution in [0.4, 0.5) is 8.78 Å². The first kappa shape index (κ1) is 7.92. The third kappa shape index (κ3) is 1.45. The van der Waals surface area contributed by atoms with Gasteiger partial charge in [-0.25, -0.2) is 8.78 Å². The lowest BCUT2D eigenvalue weighted by atomic mass is 9.86. The summed E-state index contributed by atoms with van der Waals surface area (Å²) in [7, 11) is 0. The highest BCUT2D eigenvalue weighted by Gasteiger charge is 2.33. The smallest absolute Gasteiger partial charge is 0.134 e. The summed E-state index contributed by atoms with van der Waals surface area (Å²) in [6.07, 6.45) is -3.35. The molecule has 4 atom stereocenters. The lowest BCUT2D eigenvalue weighted by Gasteiger charge is -2.29. The predicted molar refractivity (Wildman–Crippen MR) is 34.2 cm³/mol. The van der Waals surface area contributed by atoms with Crippen LogP contribution >= 0.6 is 0 Å². The fourth-order valence-electron chi connectivity index (χ4n) is 1.27. The van der Waals surface area contributed by atoms with E-state index in [9.17, 15) is 8.78 Å². The third-order valence-corrected chi connectivity index (χ3v) is 2.11. The molecule has 4 unspecified atom stereocenters. The van der Waals surface area contributed by atoms with E-state index in [1.807, 2.05) is 0 Å². The van der Waals surface area contributed by atoms with Crippen LogP contribution in [0.1, 0.15) is 19.8 Å². The molecule has 0 aromatic carbocycles. The Morgan fingerprint density at radius 1 is 1.20 bits per heavy atom. The van der Waals surface area contributed by atoms with Gasteiger partial charge in [-0.3, -0.25) is 0 Å². The van der Waals surface area contributed by atoms with Crippen molar-refractivity contribution in [2.75, 3.05) is 0 Å². The summed E-state index contributed by atoms with van der Waals surface area (Å²) in [5.41, 5.74) is 0. The number of halogens is 2. The van der Waals surface area contributed by atoms with Crippen LogP contribution in [0.5, 0.6) is 0 Å². The van der Waals surface area contributed by atoms with E-state index in [0.717, 1.165) is 0 Å². The van der Waals surface area contributed by atoms with E-state index in [0.29, 0.717) is 0 Å². The van der Waals surface area contributed by atoms with Crippen LogP contribution in [0.2, 0.25) is 0 Å². The lowest BCUT2D eigenvalue weighted by Crippen LogP contribution is -2.36. The van der Waals surface area contributed by atoms with Crippen molar-refractivity contribution in [3.05, 3.63) is 0 Å². The van der Waals surface area contributed by atoms with Crippen LogP contribution in [0.3, 0.4) is 0 Å². The van der Waals surface area contributed by atoms with Crippen molar-refractivity contribution in [3.8, 4) is 0 Å². The molecule has 60 valence electrons. The molecule has 3 heteroatoms. The molecule has 0 bridgehead atoms. The predicted octanol–water partition coefficient (Wildman–Crippen LogP) is 1.45. The van der Waals surface area contributed by atoms with E-state index >= 15 is 0 Å². The molecule has 0 heterocycles. The molecule has 1 saturated carbocycles. The van der Waals surface area contributed by atoms with Gasteiger partial charge >= 0.3 is 0 Å². The van der Waals surface area contributed by atoms with Crippen molar-refractivity contribution in [2.45, 2.75) is 38.2 Å². The molecule has 1 aliphatic rings. The van der Waals surface area contributed by atoms with E-state index in [2.05, 4.69) is 0 Å². The normalized spacial score (nSPS) is 49.2. The van der Waals surface area contributed by atoms with Gasteiger partial charge in [0.05, 0.1) is 6.10 Å². The Bertz CT molecular complexity index is 92.2. The highest BCUT2D eigenvalue weighted by molar-refractivity contribution is 4.83. The SMILES string of the molecule is CC1CC(F)C(F)CC1O. The molecule has 0 aliphatic heterocycles. The fourth-order valence-corrected chi connectivity index (χ4v) is 1.27. The molecule has 1 aliphatic carbocycles. The Morgan fingerprint density at radius 3 is 2.20 bits per heavy atom. The fraction of sp³-hybridized carbons (Fsp3) is 1.00. The van der Waals surface area contributed by atoms with Gasteiger partial charge in [0.1, 0.15) is 12.3 Å². The van der Waals surface area contributed by atoms with Crippen molar-refractivity contribution < 1.29 is 13.9 Å². The van der Waals surface area contributed by atoms with Gasteiger partial charge in [-0.1, -0.05) is 6.92 Å². The van der Waals surface area contributed by atoms with Crippen LogP contribution in [0.25, 0.3) is 0 Å². The first-order valence-corrected chi connectivity index (χ1v) is 3.57. The van der Waals surface area contributed by atoms with Crippen LogP contribution in [-0.4, -0.2) is 23.6 Å². The molecule has 0 aromatic heterocycles. The summed E-state index contributed by atoms with van der Waals surface area (Å²) in [4.78, 5) is 0. The molecule has 10 heavy (non-hydrogen) atoms. The van der Waals surface area contributed by atoms with Crippen molar-refractivity contribution in [1.29, 1.82) is 0 Å². The van der Waals surface area contributed by atoms with E-state index in [-0.39, 0.29) is 18.8 Å². The molecule has 0 saturated heterocycles. The number of alkyl halides is 2. The van der Waals surface area contributed by atoms with Gasteiger partial charge in [0.2, 0.25) is 0 Å².